The minimum absolute atomic E-state index is 0.00625. The molecule has 1 aliphatic carbocycles. The molecule has 6 nitrogen and oxygen atoms in total. The first-order chi connectivity index (χ1) is 19.4. The van der Waals surface area contributed by atoms with Gasteiger partial charge in [0.25, 0.3) is 5.91 Å². The van der Waals surface area contributed by atoms with Crippen molar-refractivity contribution in [2.45, 2.75) is 77.5 Å². The Morgan fingerprint density at radius 3 is 2.58 bits per heavy atom. The fourth-order valence-electron chi connectivity index (χ4n) is 5.50. The second kappa shape index (κ2) is 14.8. The Labute approximate surface area is 246 Å². The number of amides is 1. The molecule has 1 aliphatic rings. The SMILES string of the molecule is CSCC[C@H](NC(=O)c1ccc(COC(CC2CCCCC2)c2scnc2C)cc1-c1ccccc1C)C(=O)O. The molecule has 3 aromatic rings. The summed E-state index contributed by atoms with van der Waals surface area (Å²) in [5.41, 5.74) is 7.14. The number of rotatable bonds is 13. The van der Waals surface area contributed by atoms with Crippen molar-refractivity contribution in [1.82, 2.24) is 10.3 Å². The molecule has 8 heteroatoms. The number of carbonyl (C=O) groups is 2. The van der Waals surface area contributed by atoms with Crippen LogP contribution in [0, 0.1) is 19.8 Å². The number of carboxylic acids is 1. The first-order valence-corrected chi connectivity index (χ1v) is 16.4. The molecule has 2 atom stereocenters. The standard InChI is InChI=1S/C32H40N2O4S2/c1-21-9-7-8-12-25(21)27-17-24(13-14-26(27)31(35)34-28(32(36)37)15-16-39-3)19-38-29(30-22(2)33-20-40-30)18-23-10-5-4-6-11-23/h7-9,12-14,17,20,23,28-29H,4-6,10-11,15-16,18-19H2,1-3H3,(H,34,35)(H,36,37)/t28-,29?/m0/s1. The summed E-state index contributed by atoms with van der Waals surface area (Å²) in [5.74, 6) is -0.0801. The number of benzene rings is 2. The summed E-state index contributed by atoms with van der Waals surface area (Å²) < 4.78 is 6.61. The van der Waals surface area contributed by atoms with Gasteiger partial charge >= 0.3 is 5.97 Å². The predicted octanol–water partition coefficient (Wildman–Crippen LogP) is 7.59. The lowest BCUT2D eigenvalue weighted by molar-refractivity contribution is -0.139. The Morgan fingerprint density at radius 2 is 1.90 bits per heavy atom. The molecule has 40 heavy (non-hydrogen) atoms. The lowest BCUT2D eigenvalue weighted by Crippen LogP contribution is -2.41. The number of carbonyl (C=O) groups excluding carboxylic acids is 1. The molecule has 0 radical (unpaired) electrons. The van der Waals surface area contributed by atoms with Gasteiger partial charge in [0.15, 0.2) is 0 Å². The molecule has 2 aromatic carbocycles. The van der Waals surface area contributed by atoms with E-state index in [1.54, 1.807) is 29.2 Å². The smallest absolute Gasteiger partial charge is 0.326 e. The van der Waals surface area contributed by atoms with Crippen molar-refractivity contribution in [3.05, 3.63) is 75.2 Å². The summed E-state index contributed by atoms with van der Waals surface area (Å²) in [7, 11) is 0. The number of hydrogen-bond acceptors (Lipinski definition) is 6. The van der Waals surface area contributed by atoms with Crippen molar-refractivity contribution in [2.24, 2.45) is 5.92 Å². The maximum absolute atomic E-state index is 13.4. The van der Waals surface area contributed by atoms with Crippen LogP contribution in [0.15, 0.2) is 48.0 Å². The highest BCUT2D eigenvalue weighted by molar-refractivity contribution is 7.98. The third-order valence-corrected chi connectivity index (χ3v) is 9.44. The Hall–Kier alpha value is -2.68. The summed E-state index contributed by atoms with van der Waals surface area (Å²) in [4.78, 5) is 30.9. The van der Waals surface area contributed by atoms with Crippen LogP contribution >= 0.6 is 23.1 Å². The molecule has 2 N–H and O–H groups in total. The Morgan fingerprint density at radius 1 is 1.12 bits per heavy atom. The van der Waals surface area contributed by atoms with E-state index in [4.69, 9.17) is 4.74 Å². The Kier molecular flexibility index (Phi) is 11.2. The van der Waals surface area contributed by atoms with Crippen LogP contribution in [0.1, 0.15) is 83.1 Å². The van der Waals surface area contributed by atoms with Crippen molar-refractivity contribution in [2.75, 3.05) is 12.0 Å². The summed E-state index contributed by atoms with van der Waals surface area (Å²) in [6, 6.07) is 12.8. The molecule has 0 spiro atoms. The van der Waals surface area contributed by atoms with E-state index in [2.05, 4.69) is 17.2 Å². The van der Waals surface area contributed by atoms with E-state index in [0.717, 1.165) is 34.4 Å². The van der Waals surface area contributed by atoms with Crippen LogP contribution in [0.4, 0.5) is 0 Å². The number of aryl methyl sites for hydroxylation is 2. The lowest BCUT2D eigenvalue weighted by atomic mass is 9.85. The molecule has 0 saturated heterocycles. The predicted molar refractivity (Wildman–Crippen MR) is 164 cm³/mol. The number of hydrogen-bond donors (Lipinski definition) is 2. The van der Waals surface area contributed by atoms with Crippen LogP contribution in [-0.4, -0.2) is 40.0 Å². The largest absolute Gasteiger partial charge is 0.480 e. The highest BCUT2D eigenvalue weighted by atomic mass is 32.2. The van der Waals surface area contributed by atoms with Crippen molar-refractivity contribution in [1.29, 1.82) is 0 Å². The maximum Gasteiger partial charge on any atom is 0.326 e. The molecular formula is C32H40N2O4S2. The lowest BCUT2D eigenvalue weighted by Gasteiger charge is -2.26. The van der Waals surface area contributed by atoms with Gasteiger partial charge < -0.3 is 15.2 Å². The highest BCUT2D eigenvalue weighted by Crippen LogP contribution is 2.37. The average molecular weight is 581 g/mol. The van der Waals surface area contributed by atoms with Crippen LogP contribution < -0.4 is 5.32 Å². The van der Waals surface area contributed by atoms with Crippen LogP contribution in [-0.2, 0) is 16.1 Å². The monoisotopic (exact) mass is 580 g/mol. The number of thioether (sulfide) groups is 1. The van der Waals surface area contributed by atoms with E-state index in [0.29, 0.717) is 30.3 Å². The van der Waals surface area contributed by atoms with Gasteiger partial charge in [0.05, 0.1) is 28.8 Å². The minimum atomic E-state index is -1.02. The van der Waals surface area contributed by atoms with Crippen molar-refractivity contribution >= 4 is 35.0 Å². The number of ether oxygens (including phenoxy) is 1. The third-order valence-electron chi connectivity index (χ3n) is 7.78. The summed E-state index contributed by atoms with van der Waals surface area (Å²) in [6.07, 6.45) is 9.72. The van der Waals surface area contributed by atoms with Crippen LogP contribution in [0.25, 0.3) is 11.1 Å². The average Bonchev–Trinajstić information content (AvgIpc) is 3.39. The van der Waals surface area contributed by atoms with Crippen molar-refractivity contribution in [3.63, 3.8) is 0 Å². The van der Waals surface area contributed by atoms with E-state index in [-0.39, 0.29) is 12.0 Å². The zero-order valence-electron chi connectivity index (χ0n) is 23.7. The fraction of sp³-hybridized carbons (Fsp3) is 0.469. The molecule has 4 rings (SSSR count). The van der Waals surface area contributed by atoms with Gasteiger partial charge in [0.1, 0.15) is 6.04 Å². The van der Waals surface area contributed by atoms with Gasteiger partial charge in [0.2, 0.25) is 0 Å². The van der Waals surface area contributed by atoms with Crippen LogP contribution in [0.5, 0.6) is 0 Å². The third kappa shape index (κ3) is 7.95. The van der Waals surface area contributed by atoms with Crippen LogP contribution in [0.2, 0.25) is 0 Å². The normalized spacial score (nSPS) is 15.5. The molecule has 0 aliphatic heterocycles. The maximum atomic E-state index is 13.4. The minimum Gasteiger partial charge on any atom is -0.480 e. The van der Waals surface area contributed by atoms with Crippen molar-refractivity contribution in [3.8, 4) is 11.1 Å². The Bertz CT molecular complexity index is 1290. The quantitative estimate of drug-likeness (QED) is 0.217. The molecule has 1 saturated carbocycles. The number of nitrogens with zero attached hydrogens (tertiary/aromatic N) is 1. The van der Waals surface area contributed by atoms with Crippen molar-refractivity contribution < 1.29 is 19.4 Å². The summed E-state index contributed by atoms with van der Waals surface area (Å²) >= 11 is 3.23. The van der Waals surface area contributed by atoms with Gasteiger partial charge in [-0.3, -0.25) is 4.79 Å². The molecule has 0 bridgehead atoms. The van der Waals surface area contributed by atoms with Gasteiger partial charge in [-0.1, -0.05) is 62.4 Å². The summed E-state index contributed by atoms with van der Waals surface area (Å²) in [6.45, 7) is 4.49. The van der Waals surface area contributed by atoms with E-state index in [1.807, 2.05) is 55.1 Å². The first kappa shape index (κ1) is 30.3. The van der Waals surface area contributed by atoms with Crippen LogP contribution in [0.3, 0.4) is 0 Å². The molecule has 1 amide bonds. The van der Waals surface area contributed by atoms with E-state index < -0.39 is 12.0 Å². The van der Waals surface area contributed by atoms with E-state index >= 15 is 0 Å². The van der Waals surface area contributed by atoms with E-state index in [1.165, 1.54) is 37.0 Å². The number of thiazole rings is 1. The Balaban J connectivity index is 1.59. The van der Waals surface area contributed by atoms with Gasteiger partial charge in [-0.05, 0) is 79.0 Å². The van der Waals surface area contributed by atoms with E-state index in [9.17, 15) is 14.7 Å². The molecule has 1 heterocycles. The van der Waals surface area contributed by atoms with Gasteiger partial charge in [0, 0.05) is 5.56 Å². The molecule has 1 aromatic heterocycles. The molecule has 214 valence electrons. The zero-order chi connectivity index (χ0) is 28.5. The zero-order valence-corrected chi connectivity index (χ0v) is 25.3. The fourth-order valence-corrected chi connectivity index (χ4v) is 6.83. The topological polar surface area (TPSA) is 88.5 Å². The van der Waals surface area contributed by atoms with Gasteiger partial charge in [-0.2, -0.15) is 11.8 Å². The molecule has 1 fully saturated rings. The molecule has 1 unspecified atom stereocenters. The second-order valence-electron chi connectivity index (χ2n) is 10.7. The number of nitrogens with one attached hydrogen (secondary N) is 1. The van der Waals surface area contributed by atoms with Gasteiger partial charge in [-0.25, -0.2) is 9.78 Å². The molecular weight excluding hydrogens is 540 g/mol. The summed E-state index contributed by atoms with van der Waals surface area (Å²) in [5, 5.41) is 12.4. The highest BCUT2D eigenvalue weighted by Gasteiger charge is 2.25. The number of carboxylic acid groups (broad SMARTS) is 1. The first-order valence-electron chi connectivity index (χ1n) is 14.1. The second-order valence-corrected chi connectivity index (χ2v) is 12.6. The number of aliphatic carboxylic acids is 1. The van der Waals surface area contributed by atoms with Gasteiger partial charge in [-0.15, -0.1) is 11.3 Å². The number of aromatic nitrogens is 1.